The molecule has 2 rings (SSSR count). The van der Waals surface area contributed by atoms with Gasteiger partial charge in [-0.3, -0.25) is 14.4 Å². The van der Waals surface area contributed by atoms with Crippen LogP contribution in [0.3, 0.4) is 0 Å². The summed E-state index contributed by atoms with van der Waals surface area (Å²) in [5.41, 5.74) is 0.577. The van der Waals surface area contributed by atoms with Crippen LogP contribution in [0.5, 0.6) is 0 Å². The van der Waals surface area contributed by atoms with Crippen LogP contribution >= 0.6 is 0 Å². The smallest absolute Gasteiger partial charge is 0.323 e. The molecule has 0 aliphatic carbocycles. The van der Waals surface area contributed by atoms with Crippen molar-refractivity contribution in [1.82, 2.24) is 14.5 Å². The third-order valence-corrected chi connectivity index (χ3v) is 5.72. The highest BCUT2D eigenvalue weighted by molar-refractivity contribution is 7.88. The molecule has 1 aromatic rings. The van der Waals surface area contributed by atoms with Gasteiger partial charge < -0.3 is 14.9 Å². The van der Waals surface area contributed by atoms with Crippen LogP contribution in [0, 0.1) is 0 Å². The molecule has 2 amide bonds. The molecule has 154 valence electrons. The van der Waals surface area contributed by atoms with E-state index in [9.17, 15) is 22.8 Å². The van der Waals surface area contributed by atoms with Crippen LogP contribution in [0.2, 0.25) is 0 Å². The normalized spacial score (nSPS) is 17.8. The first-order valence-electron chi connectivity index (χ1n) is 9.05. The molecule has 0 unspecified atom stereocenters. The lowest BCUT2D eigenvalue weighted by Crippen LogP contribution is -2.63. The molecule has 1 atom stereocenters. The number of nitrogens with zero attached hydrogens (tertiary/aromatic N) is 2. The number of sulfonamides is 1. The molecule has 1 aromatic carbocycles. The van der Waals surface area contributed by atoms with Gasteiger partial charge >= 0.3 is 5.97 Å². The van der Waals surface area contributed by atoms with Gasteiger partial charge in [-0.15, -0.1) is 0 Å². The lowest BCUT2D eigenvalue weighted by atomic mass is 10.1. The Morgan fingerprint density at radius 2 is 1.93 bits per heavy atom. The highest BCUT2D eigenvalue weighted by Crippen LogP contribution is 2.14. The Balaban J connectivity index is 2.13. The van der Waals surface area contributed by atoms with Crippen molar-refractivity contribution >= 4 is 27.8 Å². The first kappa shape index (κ1) is 21.8. The number of nitrogens with one attached hydrogen (secondary N) is 1. The molecule has 0 radical (unpaired) electrons. The summed E-state index contributed by atoms with van der Waals surface area (Å²) < 4.78 is 27.1. The zero-order valence-electron chi connectivity index (χ0n) is 15.7. The predicted octanol–water partition coefficient (Wildman–Crippen LogP) is 0.0301. The maximum Gasteiger partial charge on any atom is 0.323 e. The largest absolute Gasteiger partial charge is 0.480 e. The molecule has 1 aliphatic heterocycles. The van der Waals surface area contributed by atoms with Crippen molar-refractivity contribution < 1.29 is 27.9 Å². The van der Waals surface area contributed by atoms with E-state index in [0.717, 1.165) is 11.3 Å². The SMILES string of the molecule is CCCCN1CC(=O)N(CC(=O)O)[C@@H](CNS(=O)(=O)Cc2ccccc2)C1=O. The molecule has 0 saturated carbocycles. The van der Waals surface area contributed by atoms with Gasteiger partial charge in [0.05, 0.1) is 12.3 Å². The first-order valence-corrected chi connectivity index (χ1v) is 10.7. The van der Waals surface area contributed by atoms with Gasteiger partial charge in [-0.2, -0.15) is 0 Å². The van der Waals surface area contributed by atoms with E-state index in [0.29, 0.717) is 18.5 Å². The third-order valence-electron chi connectivity index (χ3n) is 4.40. The Bertz CT molecular complexity index is 812. The van der Waals surface area contributed by atoms with Crippen molar-refractivity contribution in [2.45, 2.75) is 31.6 Å². The Labute approximate surface area is 164 Å². The summed E-state index contributed by atoms with van der Waals surface area (Å²) in [4.78, 5) is 38.5. The highest BCUT2D eigenvalue weighted by atomic mass is 32.2. The number of carbonyl (C=O) groups excluding carboxylic acids is 2. The maximum absolute atomic E-state index is 12.7. The standard InChI is InChI=1S/C18H25N3O6S/c1-2-3-9-20-11-16(22)21(12-17(23)24)15(18(20)25)10-19-28(26,27)13-14-7-5-4-6-8-14/h4-8,15,19H,2-3,9-13H2,1H3,(H,23,24)/t15-/m0/s1. The van der Waals surface area contributed by atoms with Gasteiger partial charge in [-0.05, 0) is 12.0 Å². The second-order valence-corrected chi connectivity index (χ2v) is 8.44. The van der Waals surface area contributed by atoms with Crippen LogP contribution < -0.4 is 4.72 Å². The van der Waals surface area contributed by atoms with Crippen LogP contribution in [-0.2, 0) is 30.2 Å². The zero-order valence-corrected chi connectivity index (χ0v) is 16.5. The number of rotatable bonds is 10. The van der Waals surface area contributed by atoms with E-state index in [1.54, 1.807) is 30.3 Å². The van der Waals surface area contributed by atoms with Crippen molar-refractivity contribution in [2.75, 3.05) is 26.2 Å². The number of amides is 2. The van der Waals surface area contributed by atoms with Crippen LogP contribution in [0.4, 0.5) is 0 Å². The molecule has 1 aliphatic rings. The Morgan fingerprint density at radius 1 is 1.25 bits per heavy atom. The van der Waals surface area contributed by atoms with Crippen molar-refractivity contribution in [1.29, 1.82) is 0 Å². The molecular formula is C18H25N3O6S. The molecule has 2 N–H and O–H groups in total. The molecule has 10 heteroatoms. The Kier molecular flexibility index (Phi) is 7.53. The second-order valence-electron chi connectivity index (χ2n) is 6.64. The fraction of sp³-hybridized carbons (Fsp3) is 0.500. The number of carbonyl (C=O) groups is 3. The summed E-state index contributed by atoms with van der Waals surface area (Å²) >= 11 is 0. The zero-order chi connectivity index (χ0) is 20.7. The third kappa shape index (κ3) is 6.03. The summed E-state index contributed by atoms with van der Waals surface area (Å²) in [5, 5.41) is 9.06. The average Bonchev–Trinajstić information content (AvgIpc) is 2.63. The van der Waals surface area contributed by atoms with Crippen molar-refractivity contribution in [3.8, 4) is 0 Å². The number of carboxylic acid groups (broad SMARTS) is 1. The molecule has 0 spiro atoms. The number of aliphatic carboxylic acids is 1. The molecule has 0 bridgehead atoms. The first-order chi connectivity index (χ1) is 13.2. The van der Waals surface area contributed by atoms with Crippen LogP contribution in [-0.4, -0.2) is 73.3 Å². The minimum Gasteiger partial charge on any atom is -0.480 e. The fourth-order valence-electron chi connectivity index (χ4n) is 2.98. The van der Waals surface area contributed by atoms with E-state index in [1.807, 2.05) is 6.92 Å². The molecule has 1 saturated heterocycles. The monoisotopic (exact) mass is 411 g/mol. The van der Waals surface area contributed by atoms with Gasteiger partial charge in [0.15, 0.2) is 0 Å². The lowest BCUT2D eigenvalue weighted by molar-refractivity contribution is -0.159. The summed E-state index contributed by atoms with van der Waals surface area (Å²) in [6.45, 7) is 1.10. The molecule has 1 heterocycles. The van der Waals surface area contributed by atoms with Crippen molar-refractivity contribution in [3.05, 3.63) is 35.9 Å². The van der Waals surface area contributed by atoms with E-state index >= 15 is 0 Å². The number of unbranched alkanes of at least 4 members (excludes halogenated alkanes) is 1. The number of hydrogen-bond donors (Lipinski definition) is 2. The molecule has 0 aromatic heterocycles. The molecule has 9 nitrogen and oxygen atoms in total. The summed E-state index contributed by atoms with van der Waals surface area (Å²) in [5.74, 6) is -2.50. The number of benzene rings is 1. The van der Waals surface area contributed by atoms with E-state index in [2.05, 4.69) is 4.72 Å². The van der Waals surface area contributed by atoms with E-state index in [-0.39, 0.29) is 18.8 Å². The van der Waals surface area contributed by atoms with Gasteiger partial charge in [0, 0.05) is 13.1 Å². The van der Waals surface area contributed by atoms with Gasteiger partial charge in [-0.25, -0.2) is 13.1 Å². The summed E-state index contributed by atoms with van der Waals surface area (Å²) in [6, 6.07) is 7.35. The molecule has 1 fully saturated rings. The fourth-order valence-corrected chi connectivity index (χ4v) is 4.13. The molecule has 28 heavy (non-hydrogen) atoms. The predicted molar refractivity (Wildman–Crippen MR) is 102 cm³/mol. The lowest BCUT2D eigenvalue weighted by Gasteiger charge is -2.39. The Morgan fingerprint density at radius 3 is 2.54 bits per heavy atom. The van der Waals surface area contributed by atoms with Gasteiger partial charge in [0.2, 0.25) is 21.8 Å². The summed E-state index contributed by atoms with van der Waals surface area (Å²) in [6.07, 6.45) is 1.52. The highest BCUT2D eigenvalue weighted by Gasteiger charge is 2.40. The van der Waals surface area contributed by atoms with E-state index in [1.165, 1.54) is 4.90 Å². The van der Waals surface area contributed by atoms with E-state index < -0.39 is 40.4 Å². The van der Waals surface area contributed by atoms with E-state index in [4.69, 9.17) is 5.11 Å². The van der Waals surface area contributed by atoms with Gasteiger partial charge in [0.1, 0.15) is 12.6 Å². The maximum atomic E-state index is 12.7. The van der Waals surface area contributed by atoms with Crippen LogP contribution in [0.15, 0.2) is 30.3 Å². The van der Waals surface area contributed by atoms with Crippen LogP contribution in [0.25, 0.3) is 0 Å². The number of piperazine rings is 1. The number of carboxylic acids is 1. The Hall–Kier alpha value is -2.46. The second kappa shape index (κ2) is 9.65. The van der Waals surface area contributed by atoms with Gasteiger partial charge in [-0.1, -0.05) is 43.7 Å². The summed E-state index contributed by atoms with van der Waals surface area (Å²) in [7, 11) is -3.77. The average molecular weight is 411 g/mol. The number of hydrogen-bond acceptors (Lipinski definition) is 5. The minimum atomic E-state index is -3.77. The van der Waals surface area contributed by atoms with Crippen molar-refractivity contribution in [3.63, 3.8) is 0 Å². The molecular weight excluding hydrogens is 386 g/mol. The van der Waals surface area contributed by atoms with Crippen LogP contribution in [0.1, 0.15) is 25.3 Å². The van der Waals surface area contributed by atoms with Crippen molar-refractivity contribution in [2.24, 2.45) is 0 Å². The van der Waals surface area contributed by atoms with Gasteiger partial charge in [0.25, 0.3) is 0 Å². The topological polar surface area (TPSA) is 124 Å². The quantitative estimate of drug-likeness (QED) is 0.560. The minimum absolute atomic E-state index is 0.195.